The van der Waals surface area contributed by atoms with Gasteiger partial charge in [-0.05, 0) is 24.6 Å². The minimum atomic E-state index is -0.362. The molecule has 1 fully saturated rings. The summed E-state index contributed by atoms with van der Waals surface area (Å²) in [5.41, 5.74) is 7.71. The predicted molar refractivity (Wildman–Crippen MR) is 58.9 cm³/mol. The molecule has 0 atom stereocenters. The first kappa shape index (κ1) is 10.6. The van der Waals surface area contributed by atoms with Gasteiger partial charge in [0.2, 0.25) is 0 Å². The van der Waals surface area contributed by atoms with Gasteiger partial charge in [0, 0.05) is 5.69 Å². The topological polar surface area (TPSA) is 72.6 Å². The fourth-order valence-electron chi connectivity index (χ4n) is 1.55. The van der Waals surface area contributed by atoms with Crippen LogP contribution in [0.15, 0.2) is 18.2 Å². The molecular weight excluding hydrogens is 208 g/mol. The van der Waals surface area contributed by atoms with Crippen LogP contribution >= 0.6 is 0 Å². The van der Waals surface area contributed by atoms with Crippen LogP contribution in [0.2, 0.25) is 0 Å². The normalized spacial score (nSPS) is 16.7. The number of hydrogen-bond donors (Lipinski definition) is 1. The van der Waals surface area contributed by atoms with E-state index in [0.29, 0.717) is 11.4 Å². The number of nitrogen functional groups attached to an aromatic ring is 1. The van der Waals surface area contributed by atoms with Gasteiger partial charge in [0.1, 0.15) is 13.2 Å². The lowest BCUT2D eigenvalue weighted by Crippen LogP contribution is -2.46. The van der Waals surface area contributed by atoms with E-state index in [2.05, 4.69) is 0 Å². The molecule has 0 aromatic heterocycles. The molecule has 2 N–H and O–H groups in total. The first-order valence-corrected chi connectivity index (χ1v) is 4.89. The number of aryl methyl sites for hydroxylation is 1. The fraction of sp³-hybridized carbons (Fsp3) is 0.273. The Hall–Kier alpha value is -1.88. The third-order valence-corrected chi connectivity index (χ3v) is 2.47. The molecule has 0 saturated carbocycles. The van der Waals surface area contributed by atoms with Gasteiger partial charge in [-0.1, -0.05) is 6.07 Å². The first-order chi connectivity index (χ1) is 7.59. The lowest BCUT2D eigenvalue weighted by molar-refractivity contribution is -0.138. The van der Waals surface area contributed by atoms with Crippen molar-refractivity contribution in [1.82, 2.24) is 0 Å². The molecule has 1 aliphatic rings. The van der Waals surface area contributed by atoms with Crippen molar-refractivity contribution in [1.29, 1.82) is 0 Å². The smallest absolute Gasteiger partial charge is 0.259 e. The lowest BCUT2D eigenvalue weighted by Gasteiger charge is -2.25. The average Bonchev–Trinajstić information content (AvgIpc) is 2.23. The molecule has 1 saturated heterocycles. The van der Waals surface area contributed by atoms with Crippen LogP contribution in [0, 0.1) is 6.92 Å². The highest BCUT2D eigenvalue weighted by Gasteiger charge is 2.28. The van der Waals surface area contributed by atoms with E-state index in [1.165, 1.54) is 0 Å². The summed E-state index contributed by atoms with van der Waals surface area (Å²) in [6.45, 7) is 1.72. The number of amides is 2. The molecule has 84 valence electrons. The summed E-state index contributed by atoms with van der Waals surface area (Å²) in [5, 5.41) is 0. The van der Waals surface area contributed by atoms with E-state index in [1.54, 1.807) is 18.2 Å². The van der Waals surface area contributed by atoms with Crippen LogP contribution in [-0.4, -0.2) is 25.0 Å². The maximum absolute atomic E-state index is 11.5. The summed E-state index contributed by atoms with van der Waals surface area (Å²) >= 11 is 0. The summed E-state index contributed by atoms with van der Waals surface area (Å²) in [6, 6.07) is 5.10. The van der Waals surface area contributed by atoms with E-state index in [9.17, 15) is 9.59 Å². The summed E-state index contributed by atoms with van der Waals surface area (Å²) in [7, 11) is 0. The number of nitrogens with two attached hydrogens (primary N) is 1. The Morgan fingerprint density at radius 2 is 1.88 bits per heavy atom. The predicted octanol–water partition coefficient (Wildman–Crippen LogP) is 0.467. The number of morpholine rings is 1. The van der Waals surface area contributed by atoms with Crippen LogP contribution < -0.4 is 10.6 Å². The number of carbonyl (C=O) groups is 2. The minimum absolute atomic E-state index is 0.0699. The van der Waals surface area contributed by atoms with Crippen molar-refractivity contribution in [3.63, 3.8) is 0 Å². The zero-order valence-corrected chi connectivity index (χ0v) is 8.90. The third kappa shape index (κ3) is 1.77. The Labute approximate surface area is 92.8 Å². The molecule has 0 bridgehead atoms. The molecule has 1 aliphatic heterocycles. The molecule has 5 heteroatoms. The van der Waals surface area contributed by atoms with Crippen molar-refractivity contribution in [2.75, 3.05) is 23.8 Å². The highest BCUT2D eigenvalue weighted by atomic mass is 16.5. The standard InChI is InChI=1S/C11H12N2O3/c1-7-2-3-8(4-9(7)12)13-10(14)5-16-6-11(13)15/h2-4H,5-6,12H2,1H3. The first-order valence-electron chi connectivity index (χ1n) is 4.89. The maximum atomic E-state index is 11.5. The zero-order valence-electron chi connectivity index (χ0n) is 8.90. The highest BCUT2D eigenvalue weighted by Crippen LogP contribution is 2.22. The number of imide groups is 1. The number of nitrogens with zero attached hydrogens (tertiary/aromatic N) is 1. The molecule has 2 amide bonds. The van der Waals surface area contributed by atoms with Crippen LogP contribution in [0.25, 0.3) is 0 Å². The van der Waals surface area contributed by atoms with E-state index in [1.807, 2.05) is 6.92 Å². The summed E-state index contributed by atoms with van der Waals surface area (Å²) < 4.78 is 4.83. The molecule has 0 aliphatic carbocycles. The molecule has 1 heterocycles. The second-order valence-corrected chi connectivity index (χ2v) is 3.66. The van der Waals surface area contributed by atoms with Gasteiger partial charge in [0.25, 0.3) is 11.8 Å². The van der Waals surface area contributed by atoms with Gasteiger partial charge >= 0.3 is 0 Å². The van der Waals surface area contributed by atoms with Gasteiger partial charge < -0.3 is 10.5 Å². The second kappa shape index (κ2) is 3.94. The number of carbonyl (C=O) groups excluding carboxylic acids is 2. The van der Waals surface area contributed by atoms with Crippen molar-refractivity contribution in [3.05, 3.63) is 23.8 Å². The van der Waals surface area contributed by atoms with Crippen LogP contribution in [-0.2, 0) is 14.3 Å². The zero-order chi connectivity index (χ0) is 11.7. The van der Waals surface area contributed by atoms with Gasteiger partial charge in [-0.3, -0.25) is 9.59 Å². The van der Waals surface area contributed by atoms with Gasteiger partial charge in [0.05, 0.1) is 5.69 Å². The molecule has 0 unspecified atom stereocenters. The van der Waals surface area contributed by atoms with Gasteiger partial charge in [-0.15, -0.1) is 0 Å². The summed E-state index contributed by atoms with van der Waals surface area (Å²) in [4.78, 5) is 24.2. The minimum Gasteiger partial charge on any atom is -0.398 e. The molecule has 1 aromatic carbocycles. The number of hydrogen-bond acceptors (Lipinski definition) is 4. The van der Waals surface area contributed by atoms with Gasteiger partial charge in [-0.2, -0.15) is 0 Å². The Balaban J connectivity index is 2.38. The van der Waals surface area contributed by atoms with E-state index in [-0.39, 0.29) is 25.0 Å². The third-order valence-electron chi connectivity index (χ3n) is 2.47. The van der Waals surface area contributed by atoms with Crippen LogP contribution in [0.3, 0.4) is 0 Å². The Morgan fingerprint density at radius 3 is 2.44 bits per heavy atom. The van der Waals surface area contributed by atoms with E-state index < -0.39 is 0 Å². The Kier molecular flexibility index (Phi) is 2.62. The second-order valence-electron chi connectivity index (χ2n) is 3.66. The number of ether oxygens (including phenoxy) is 1. The summed E-state index contributed by atoms with van der Waals surface area (Å²) in [6.07, 6.45) is 0. The van der Waals surface area contributed by atoms with Crippen LogP contribution in [0.4, 0.5) is 11.4 Å². The molecule has 2 rings (SSSR count). The number of rotatable bonds is 1. The lowest BCUT2D eigenvalue weighted by atomic mass is 10.1. The molecule has 0 spiro atoms. The average molecular weight is 220 g/mol. The van der Waals surface area contributed by atoms with Gasteiger partial charge in [0.15, 0.2) is 0 Å². The SMILES string of the molecule is Cc1ccc(N2C(=O)COCC2=O)cc1N. The van der Waals surface area contributed by atoms with Gasteiger partial charge in [-0.25, -0.2) is 4.90 Å². The van der Waals surface area contributed by atoms with Crippen molar-refractivity contribution in [2.45, 2.75) is 6.92 Å². The molecule has 5 nitrogen and oxygen atoms in total. The molecule has 16 heavy (non-hydrogen) atoms. The molecule has 1 aromatic rings. The molecular formula is C11H12N2O3. The Bertz CT molecular complexity index is 441. The van der Waals surface area contributed by atoms with Crippen molar-refractivity contribution >= 4 is 23.2 Å². The quantitative estimate of drug-likeness (QED) is 0.551. The fourth-order valence-corrected chi connectivity index (χ4v) is 1.55. The number of benzene rings is 1. The number of anilines is 2. The van der Waals surface area contributed by atoms with Crippen LogP contribution in [0.5, 0.6) is 0 Å². The monoisotopic (exact) mass is 220 g/mol. The van der Waals surface area contributed by atoms with E-state index in [0.717, 1.165) is 10.5 Å². The highest BCUT2D eigenvalue weighted by molar-refractivity contribution is 6.17. The van der Waals surface area contributed by atoms with Crippen molar-refractivity contribution in [2.24, 2.45) is 0 Å². The largest absolute Gasteiger partial charge is 0.398 e. The Morgan fingerprint density at radius 1 is 1.25 bits per heavy atom. The van der Waals surface area contributed by atoms with E-state index in [4.69, 9.17) is 10.5 Å². The van der Waals surface area contributed by atoms with Crippen LogP contribution in [0.1, 0.15) is 5.56 Å². The van der Waals surface area contributed by atoms with Crippen molar-refractivity contribution in [3.8, 4) is 0 Å². The van der Waals surface area contributed by atoms with Crippen molar-refractivity contribution < 1.29 is 14.3 Å². The maximum Gasteiger partial charge on any atom is 0.259 e. The molecule has 0 radical (unpaired) electrons. The van der Waals surface area contributed by atoms with E-state index >= 15 is 0 Å². The summed E-state index contributed by atoms with van der Waals surface area (Å²) in [5.74, 6) is -0.723.